The van der Waals surface area contributed by atoms with Gasteiger partial charge in [-0.05, 0) is 40.8 Å². The molecule has 1 aromatic heterocycles. The van der Waals surface area contributed by atoms with Crippen LogP contribution in [0.5, 0.6) is 11.5 Å². The summed E-state index contributed by atoms with van der Waals surface area (Å²) in [5.41, 5.74) is 3.93. The lowest BCUT2D eigenvalue weighted by Gasteiger charge is -2.06. The molecular formula is C18H16N2O4S. The molecule has 1 amide bonds. The van der Waals surface area contributed by atoms with E-state index >= 15 is 0 Å². The van der Waals surface area contributed by atoms with E-state index in [2.05, 4.69) is 11.4 Å². The molecule has 0 aliphatic carbocycles. The summed E-state index contributed by atoms with van der Waals surface area (Å²) in [6, 6.07) is 13.8. The molecular weight excluding hydrogens is 340 g/mol. The molecule has 25 heavy (non-hydrogen) atoms. The third kappa shape index (κ3) is 3.30. The first kappa shape index (κ1) is 15.9. The van der Waals surface area contributed by atoms with Crippen molar-refractivity contribution in [1.29, 1.82) is 0 Å². The molecule has 0 saturated carbocycles. The molecule has 1 aliphatic rings. The Morgan fingerprint density at radius 1 is 1.04 bits per heavy atom. The van der Waals surface area contributed by atoms with Gasteiger partial charge in [0.2, 0.25) is 6.79 Å². The number of fused-ring (bicyclic) bond motifs is 2. The van der Waals surface area contributed by atoms with Crippen LogP contribution >= 0.6 is 11.3 Å². The molecule has 0 spiro atoms. The van der Waals surface area contributed by atoms with Crippen molar-refractivity contribution in [2.75, 3.05) is 6.79 Å². The van der Waals surface area contributed by atoms with E-state index in [1.165, 1.54) is 11.3 Å². The van der Waals surface area contributed by atoms with E-state index in [0.29, 0.717) is 11.4 Å². The van der Waals surface area contributed by atoms with E-state index in [4.69, 9.17) is 14.7 Å². The number of rotatable bonds is 5. The number of amides is 1. The van der Waals surface area contributed by atoms with Gasteiger partial charge in [0.05, 0.1) is 4.88 Å². The number of hydrogen-bond donors (Lipinski definition) is 3. The van der Waals surface area contributed by atoms with Crippen molar-refractivity contribution in [3.63, 3.8) is 0 Å². The van der Waals surface area contributed by atoms with Crippen LogP contribution in [0.15, 0.2) is 42.5 Å². The second-order valence-corrected chi connectivity index (χ2v) is 6.80. The largest absolute Gasteiger partial charge is 0.454 e. The summed E-state index contributed by atoms with van der Waals surface area (Å²) < 4.78 is 11.7. The minimum absolute atomic E-state index is 0.281. The first-order chi connectivity index (χ1) is 12.2. The van der Waals surface area contributed by atoms with E-state index in [-0.39, 0.29) is 6.79 Å². The smallest absolute Gasteiger partial charge is 0.284 e. The Morgan fingerprint density at radius 3 is 2.64 bits per heavy atom. The summed E-state index contributed by atoms with van der Waals surface area (Å²) in [5.74, 6) is 1.09. The summed E-state index contributed by atoms with van der Waals surface area (Å²) in [6.07, 6.45) is 0. The second-order valence-electron chi connectivity index (χ2n) is 5.71. The van der Waals surface area contributed by atoms with Crippen LogP contribution in [0.25, 0.3) is 10.1 Å². The zero-order chi connectivity index (χ0) is 17.2. The van der Waals surface area contributed by atoms with E-state index in [1.54, 1.807) is 11.5 Å². The predicted octanol–water partition coefficient (Wildman–Crippen LogP) is 3.04. The minimum atomic E-state index is -0.483. The number of thiophene rings is 1. The number of benzene rings is 2. The van der Waals surface area contributed by atoms with Crippen molar-refractivity contribution in [3.8, 4) is 11.5 Å². The van der Waals surface area contributed by atoms with Gasteiger partial charge in [0.15, 0.2) is 11.5 Å². The van der Waals surface area contributed by atoms with E-state index in [0.717, 1.165) is 39.3 Å². The van der Waals surface area contributed by atoms with E-state index < -0.39 is 5.91 Å². The molecule has 2 heterocycles. The molecule has 0 unspecified atom stereocenters. The van der Waals surface area contributed by atoms with Gasteiger partial charge in [0, 0.05) is 17.8 Å². The van der Waals surface area contributed by atoms with Gasteiger partial charge in [0.1, 0.15) is 0 Å². The highest BCUT2D eigenvalue weighted by Crippen LogP contribution is 2.32. The second kappa shape index (κ2) is 6.72. The van der Waals surface area contributed by atoms with Crippen LogP contribution in [-0.4, -0.2) is 17.9 Å². The van der Waals surface area contributed by atoms with Crippen LogP contribution in [0.3, 0.4) is 0 Å². The highest BCUT2D eigenvalue weighted by atomic mass is 32.1. The quantitative estimate of drug-likeness (QED) is 0.484. The summed E-state index contributed by atoms with van der Waals surface area (Å²) in [7, 11) is 0. The highest BCUT2D eigenvalue weighted by molar-refractivity contribution is 7.20. The lowest BCUT2D eigenvalue weighted by atomic mass is 10.1. The Balaban J connectivity index is 1.41. The lowest BCUT2D eigenvalue weighted by Crippen LogP contribution is -2.16. The minimum Gasteiger partial charge on any atom is -0.454 e. The van der Waals surface area contributed by atoms with Gasteiger partial charge < -0.3 is 14.8 Å². The fourth-order valence-electron chi connectivity index (χ4n) is 2.75. The number of nitrogens with one attached hydrogen (secondary N) is 2. The number of hydrogen-bond acceptors (Lipinski definition) is 6. The average Bonchev–Trinajstić information content (AvgIpc) is 3.26. The predicted molar refractivity (Wildman–Crippen MR) is 94.2 cm³/mol. The average molecular weight is 356 g/mol. The summed E-state index contributed by atoms with van der Waals surface area (Å²) in [4.78, 5) is 12.0. The zero-order valence-electron chi connectivity index (χ0n) is 13.2. The monoisotopic (exact) mass is 356 g/mol. The van der Waals surface area contributed by atoms with Gasteiger partial charge in [0.25, 0.3) is 5.91 Å². The summed E-state index contributed by atoms with van der Waals surface area (Å²) in [5, 5.41) is 13.1. The Labute approximate surface area is 148 Å². The molecule has 0 fully saturated rings. The molecule has 3 N–H and O–H groups in total. The summed E-state index contributed by atoms with van der Waals surface area (Å²) in [6.45, 7) is 1.71. The Hall–Kier alpha value is -2.61. The van der Waals surface area contributed by atoms with E-state index in [1.807, 2.05) is 30.3 Å². The van der Waals surface area contributed by atoms with Crippen LogP contribution in [0, 0.1) is 0 Å². The van der Waals surface area contributed by atoms with Crippen molar-refractivity contribution in [1.82, 2.24) is 10.8 Å². The molecule has 3 aromatic rings. The third-order valence-corrected chi connectivity index (χ3v) is 5.10. The highest BCUT2D eigenvalue weighted by Gasteiger charge is 2.13. The topological polar surface area (TPSA) is 79.8 Å². The van der Waals surface area contributed by atoms with Crippen LogP contribution in [0.2, 0.25) is 0 Å². The van der Waals surface area contributed by atoms with Gasteiger partial charge in [-0.3, -0.25) is 10.0 Å². The molecule has 0 atom stereocenters. The molecule has 6 nitrogen and oxygen atoms in total. The van der Waals surface area contributed by atoms with Crippen LogP contribution in [-0.2, 0) is 13.1 Å². The Kier molecular flexibility index (Phi) is 4.27. The Morgan fingerprint density at radius 2 is 1.80 bits per heavy atom. The number of hydroxylamine groups is 1. The maximum absolute atomic E-state index is 11.5. The van der Waals surface area contributed by atoms with Crippen molar-refractivity contribution in [3.05, 3.63) is 58.5 Å². The van der Waals surface area contributed by atoms with Gasteiger partial charge in [-0.1, -0.05) is 18.2 Å². The Bertz CT molecular complexity index is 938. The van der Waals surface area contributed by atoms with Crippen LogP contribution < -0.4 is 20.3 Å². The van der Waals surface area contributed by atoms with Gasteiger partial charge in [-0.2, -0.15) is 0 Å². The third-order valence-electron chi connectivity index (χ3n) is 4.01. The van der Waals surface area contributed by atoms with E-state index in [9.17, 15) is 4.79 Å². The molecule has 0 saturated heterocycles. The van der Waals surface area contributed by atoms with Crippen LogP contribution in [0.4, 0.5) is 0 Å². The van der Waals surface area contributed by atoms with Gasteiger partial charge >= 0.3 is 0 Å². The first-order valence-electron chi connectivity index (χ1n) is 7.79. The van der Waals surface area contributed by atoms with Gasteiger partial charge in [-0.15, -0.1) is 11.3 Å². The maximum atomic E-state index is 11.5. The molecule has 1 aliphatic heterocycles. The fraction of sp³-hybridized carbons (Fsp3) is 0.167. The SMILES string of the molecule is O=C(NO)c1cc2ccc(CNCc3ccc4c(c3)OCO4)cc2s1. The number of carbonyl (C=O) groups excluding carboxylic acids is 1. The number of carbonyl (C=O) groups is 1. The van der Waals surface area contributed by atoms with Crippen molar-refractivity contribution in [2.24, 2.45) is 0 Å². The molecule has 4 rings (SSSR count). The standard InChI is InChI=1S/C18H16N2O4S/c21-18(20-22)17-7-13-3-1-12(6-16(13)25-17)9-19-8-11-2-4-14-15(5-11)24-10-23-14/h1-7,19,22H,8-10H2,(H,20,21). The molecule has 0 radical (unpaired) electrons. The zero-order valence-corrected chi connectivity index (χ0v) is 14.1. The number of ether oxygens (including phenoxy) is 2. The first-order valence-corrected chi connectivity index (χ1v) is 8.61. The van der Waals surface area contributed by atoms with Crippen molar-refractivity contribution in [2.45, 2.75) is 13.1 Å². The molecule has 0 bridgehead atoms. The van der Waals surface area contributed by atoms with Gasteiger partial charge in [-0.25, -0.2) is 5.48 Å². The van der Waals surface area contributed by atoms with Crippen LogP contribution in [0.1, 0.15) is 20.8 Å². The van der Waals surface area contributed by atoms with Crippen molar-refractivity contribution >= 4 is 27.3 Å². The lowest BCUT2D eigenvalue weighted by molar-refractivity contribution is 0.0711. The molecule has 2 aromatic carbocycles. The molecule has 128 valence electrons. The summed E-state index contributed by atoms with van der Waals surface area (Å²) >= 11 is 1.36. The fourth-order valence-corrected chi connectivity index (χ4v) is 3.77. The maximum Gasteiger partial charge on any atom is 0.284 e. The normalized spacial score (nSPS) is 12.5. The molecule has 7 heteroatoms. The van der Waals surface area contributed by atoms with Crippen molar-refractivity contribution < 1.29 is 19.5 Å².